The quantitative estimate of drug-likeness (QED) is 0.424. The van der Waals surface area contributed by atoms with Crippen molar-refractivity contribution in [3.8, 4) is 28.4 Å². The van der Waals surface area contributed by atoms with Crippen LogP contribution in [0.5, 0.6) is 5.88 Å². The molecule has 0 aliphatic carbocycles. The number of imidazole rings is 1. The summed E-state index contributed by atoms with van der Waals surface area (Å²) in [7, 11) is 0. The van der Waals surface area contributed by atoms with Gasteiger partial charge in [0.1, 0.15) is 18.1 Å². The van der Waals surface area contributed by atoms with Gasteiger partial charge in [-0.2, -0.15) is 13.2 Å². The third-order valence-corrected chi connectivity index (χ3v) is 4.78. The summed E-state index contributed by atoms with van der Waals surface area (Å²) < 4.78 is 43.9. The molecule has 0 aliphatic heterocycles. The van der Waals surface area contributed by atoms with E-state index in [1.807, 2.05) is 26.8 Å². The molecule has 0 atom stereocenters. The first kappa shape index (κ1) is 22.4. The summed E-state index contributed by atoms with van der Waals surface area (Å²) in [5, 5.41) is 10.1. The first-order chi connectivity index (χ1) is 14.6. The van der Waals surface area contributed by atoms with E-state index in [0.29, 0.717) is 11.4 Å². The molecule has 0 radical (unpaired) electrons. The van der Waals surface area contributed by atoms with Gasteiger partial charge in [-0.25, -0.2) is 9.97 Å². The number of aliphatic hydroxyl groups excluding tert-OH is 1. The molecule has 0 spiro atoms. The molecule has 3 rings (SSSR count). The third kappa shape index (κ3) is 5.45. The lowest BCUT2D eigenvalue weighted by molar-refractivity contribution is -0.140. The average Bonchev–Trinajstić information content (AvgIpc) is 3.24. The van der Waals surface area contributed by atoms with Crippen LogP contribution in [0.2, 0.25) is 0 Å². The molecule has 0 saturated carbocycles. The van der Waals surface area contributed by atoms with Gasteiger partial charge in [0, 0.05) is 23.4 Å². The molecule has 2 aromatic heterocycles. The highest BCUT2D eigenvalue weighted by molar-refractivity contribution is 5.67. The molecule has 2 N–H and O–H groups in total. The van der Waals surface area contributed by atoms with Gasteiger partial charge >= 0.3 is 6.18 Å². The van der Waals surface area contributed by atoms with E-state index >= 15 is 0 Å². The van der Waals surface area contributed by atoms with Gasteiger partial charge in [-0.15, -0.1) is 0 Å². The van der Waals surface area contributed by atoms with E-state index < -0.39 is 17.3 Å². The zero-order valence-electron chi connectivity index (χ0n) is 17.5. The highest BCUT2D eigenvalue weighted by atomic mass is 19.4. The van der Waals surface area contributed by atoms with Crippen molar-refractivity contribution >= 4 is 0 Å². The smallest absolute Gasteiger partial charge is 0.432 e. The van der Waals surface area contributed by atoms with Gasteiger partial charge in [0.25, 0.3) is 0 Å². The predicted molar refractivity (Wildman–Crippen MR) is 113 cm³/mol. The maximum atomic E-state index is 12.7. The number of aromatic nitrogens is 3. The summed E-state index contributed by atoms with van der Waals surface area (Å²) in [6, 6.07) is 10.6. The number of aromatic amines is 1. The van der Waals surface area contributed by atoms with Crippen LogP contribution < -0.4 is 4.74 Å². The maximum Gasteiger partial charge on any atom is 0.432 e. The van der Waals surface area contributed by atoms with Crippen molar-refractivity contribution in [3.63, 3.8) is 0 Å². The molecule has 0 aliphatic rings. The number of rotatable bonds is 7. The molecular formula is C23H24F3N3O2. The second-order valence-electron chi connectivity index (χ2n) is 7.78. The number of alkyl halides is 3. The van der Waals surface area contributed by atoms with Crippen LogP contribution in [0.4, 0.5) is 13.2 Å². The van der Waals surface area contributed by atoms with Crippen LogP contribution in [-0.4, -0.2) is 26.7 Å². The van der Waals surface area contributed by atoms with Gasteiger partial charge in [-0.05, 0) is 38.0 Å². The van der Waals surface area contributed by atoms with E-state index in [1.54, 1.807) is 42.6 Å². The number of aliphatic hydroxyl groups is 1. The Morgan fingerprint density at radius 2 is 1.65 bits per heavy atom. The fraction of sp³-hybridized carbons (Fsp3) is 0.304. The SMILES string of the molecule is CC/C=C(\O)C(C)(C)COc1ccc(-c2ccc(-c3ncc(C(F)(F)F)[nH]3)cc2)cn1. The first-order valence-corrected chi connectivity index (χ1v) is 9.81. The molecular weight excluding hydrogens is 407 g/mol. The fourth-order valence-corrected chi connectivity index (χ4v) is 2.87. The number of halogens is 3. The molecule has 164 valence electrons. The molecule has 0 amide bonds. The summed E-state index contributed by atoms with van der Waals surface area (Å²) >= 11 is 0. The van der Waals surface area contributed by atoms with Crippen LogP contribution in [0, 0.1) is 5.41 Å². The largest absolute Gasteiger partial charge is 0.512 e. The van der Waals surface area contributed by atoms with E-state index in [-0.39, 0.29) is 18.2 Å². The Balaban J connectivity index is 1.67. The summed E-state index contributed by atoms with van der Waals surface area (Å²) in [5.74, 6) is 0.877. The Morgan fingerprint density at radius 3 is 2.19 bits per heavy atom. The van der Waals surface area contributed by atoms with E-state index in [1.165, 1.54) is 0 Å². The fourth-order valence-electron chi connectivity index (χ4n) is 2.87. The normalized spacial score (nSPS) is 12.8. The van der Waals surface area contributed by atoms with E-state index in [2.05, 4.69) is 15.0 Å². The van der Waals surface area contributed by atoms with E-state index in [9.17, 15) is 18.3 Å². The van der Waals surface area contributed by atoms with Crippen LogP contribution in [-0.2, 0) is 6.18 Å². The Hall–Kier alpha value is -3.29. The van der Waals surface area contributed by atoms with Crippen LogP contribution in [0.25, 0.3) is 22.5 Å². The minimum atomic E-state index is -4.46. The number of allylic oxidation sites excluding steroid dienone is 1. The van der Waals surface area contributed by atoms with Crippen molar-refractivity contribution in [2.45, 2.75) is 33.4 Å². The Morgan fingerprint density at radius 1 is 1.00 bits per heavy atom. The number of benzene rings is 1. The number of nitrogens with zero attached hydrogens (tertiary/aromatic N) is 2. The standard InChI is InChI=1S/C23H24F3N3O2/c1-4-5-19(30)22(2,3)14-31-20-11-10-17(12-27-20)15-6-8-16(9-7-15)21-28-13-18(29-21)23(24,25)26/h5-13,30H,4,14H2,1-3H3,(H,28,29)/b19-5-. The number of pyridine rings is 1. The summed E-state index contributed by atoms with van der Waals surface area (Å²) in [5.41, 5.74) is 0.836. The Labute approximate surface area is 178 Å². The summed E-state index contributed by atoms with van der Waals surface area (Å²) in [6.45, 7) is 6.01. The minimum absolute atomic E-state index is 0.156. The van der Waals surface area contributed by atoms with Crippen molar-refractivity contribution in [2.75, 3.05) is 6.61 Å². The highest BCUT2D eigenvalue weighted by Crippen LogP contribution is 2.30. The molecule has 0 bridgehead atoms. The van der Waals surface area contributed by atoms with Crippen molar-refractivity contribution in [2.24, 2.45) is 5.41 Å². The van der Waals surface area contributed by atoms with Crippen LogP contribution in [0.1, 0.15) is 32.9 Å². The molecule has 0 fully saturated rings. The number of hydrogen-bond donors (Lipinski definition) is 2. The first-order valence-electron chi connectivity index (χ1n) is 9.81. The van der Waals surface area contributed by atoms with E-state index in [0.717, 1.165) is 23.7 Å². The van der Waals surface area contributed by atoms with Crippen molar-refractivity contribution in [3.05, 3.63) is 66.3 Å². The molecule has 3 aromatic rings. The number of nitrogens with one attached hydrogen (secondary N) is 1. The number of H-pyrrole nitrogens is 1. The third-order valence-electron chi connectivity index (χ3n) is 4.78. The molecule has 31 heavy (non-hydrogen) atoms. The lowest BCUT2D eigenvalue weighted by atomic mass is 9.91. The van der Waals surface area contributed by atoms with Crippen LogP contribution >= 0.6 is 0 Å². The second kappa shape index (κ2) is 8.83. The molecule has 0 unspecified atom stereocenters. The maximum absolute atomic E-state index is 12.7. The Kier molecular flexibility index (Phi) is 6.38. The van der Waals surface area contributed by atoms with Gasteiger partial charge in [0.2, 0.25) is 5.88 Å². The van der Waals surface area contributed by atoms with Gasteiger partial charge < -0.3 is 14.8 Å². The monoisotopic (exact) mass is 431 g/mol. The van der Waals surface area contributed by atoms with Gasteiger partial charge in [-0.3, -0.25) is 0 Å². The predicted octanol–water partition coefficient (Wildman–Crippen LogP) is 6.41. The zero-order chi connectivity index (χ0) is 22.6. The topological polar surface area (TPSA) is 71.0 Å². The van der Waals surface area contributed by atoms with Crippen LogP contribution in [0.3, 0.4) is 0 Å². The molecule has 8 heteroatoms. The molecule has 1 aromatic carbocycles. The van der Waals surface area contributed by atoms with E-state index in [4.69, 9.17) is 4.74 Å². The minimum Gasteiger partial charge on any atom is -0.512 e. The van der Waals surface area contributed by atoms with Gasteiger partial charge in [0.15, 0.2) is 0 Å². The van der Waals surface area contributed by atoms with Crippen LogP contribution in [0.15, 0.2) is 60.6 Å². The lowest BCUT2D eigenvalue weighted by Gasteiger charge is -2.23. The molecule has 5 nitrogen and oxygen atoms in total. The second-order valence-corrected chi connectivity index (χ2v) is 7.78. The number of ether oxygens (including phenoxy) is 1. The number of hydrogen-bond acceptors (Lipinski definition) is 4. The molecule has 2 heterocycles. The van der Waals surface area contributed by atoms with Crippen molar-refractivity contribution < 1.29 is 23.0 Å². The van der Waals surface area contributed by atoms with Gasteiger partial charge in [0.05, 0.1) is 17.4 Å². The summed E-state index contributed by atoms with van der Waals surface area (Å²) in [4.78, 5) is 10.4. The summed E-state index contributed by atoms with van der Waals surface area (Å²) in [6.07, 6.45) is 0.486. The zero-order valence-corrected chi connectivity index (χ0v) is 17.5. The van der Waals surface area contributed by atoms with Crippen molar-refractivity contribution in [1.82, 2.24) is 15.0 Å². The lowest BCUT2D eigenvalue weighted by Crippen LogP contribution is -2.24. The Bertz CT molecular complexity index is 1040. The van der Waals surface area contributed by atoms with Crippen molar-refractivity contribution in [1.29, 1.82) is 0 Å². The van der Waals surface area contributed by atoms with Gasteiger partial charge in [-0.1, -0.05) is 31.2 Å². The average molecular weight is 431 g/mol. The molecule has 0 saturated heterocycles. The highest BCUT2D eigenvalue weighted by Gasteiger charge is 2.33.